The Kier molecular flexibility index (Phi) is 4.88. The van der Waals surface area contributed by atoms with E-state index in [1.54, 1.807) is 11.8 Å². The number of rotatable bonds is 2. The lowest BCUT2D eigenvalue weighted by atomic mass is 9.80. The average molecular weight is 296 g/mol. The first-order valence-corrected chi connectivity index (χ1v) is 7.81. The zero-order valence-corrected chi connectivity index (χ0v) is 13.5. The molecule has 21 heavy (non-hydrogen) atoms. The van der Waals surface area contributed by atoms with Crippen LogP contribution in [0, 0.1) is 5.41 Å². The molecule has 6 heteroatoms. The maximum atomic E-state index is 12.4. The summed E-state index contributed by atoms with van der Waals surface area (Å²) in [6.07, 6.45) is 0.943. The Morgan fingerprint density at radius 3 is 2.19 bits per heavy atom. The second-order valence-electron chi connectivity index (χ2n) is 6.98. The van der Waals surface area contributed by atoms with Crippen LogP contribution in [-0.2, 0) is 9.59 Å². The number of likely N-dealkylation sites (tertiary alicyclic amines) is 1. The van der Waals surface area contributed by atoms with Crippen molar-refractivity contribution in [3.63, 3.8) is 0 Å². The lowest BCUT2D eigenvalue weighted by molar-refractivity contribution is -0.139. The highest BCUT2D eigenvalue weighted by molar-refractivity contribution is 5.79. The summed E-state index contributed by atoms with van der Waals surface area (Å²) in [6.45, 7) is 10.7. The van der Waals surface area contributed by atoms with E-state index in [2.05, 4.69) is 18.7 Å². The molecule has 0 aromatic carbocycles. The molecule has 2 N–H and O–H groups in total. The number of carbonyl (C=O) groups is 2. The van der Waals surface area contributed by atoms with Crippen molar-refractivity contribution >= 4 is 11.8 Å². The first-order valence-electron chi connectivity index (χ1n) is 7.81. The normalized spacial score (nSPS) is 26.8. The molecule has 2 amide bonds. The van der Waals surface area contributed by atoms with Gasteiger partial charge in [0.05, 0.1) is 6.54 Å². The third kappa shape index (κ3) is 3.95. The van der Waals surface area contributed by atoms with Gasteiger partial charge < -0.3 is 15.5 Å². The van der Waals surface area contributed by atoms with Crippen molar-refractivity contribution in [3.8, 4) is 0 Å². The molecule has 2 rings (SSSR count). The van der Waals surface area contributed by atoms with E-state index in [9.17, 15) is 9.59 Å². The quantitative estimate of drug-likeness (QED) is 0.762. The van der Waals surface area contributed by atoms with Crippen LogP contribution < -0.4 is 5.73 Å². The lowest BCUT2D eigenvalue weighted by Crippen LogP contribution is -2.56. The molecular weight excluding hydrogens is 268 g/mol. The van der Waals surface area contributed by atoms with Crippen molar-refractivity contribution in [1.29, 1.82) is 0 Å². The summed E-state index contributed by atoms with van der Waals surface area (Å²) in [7, 11) is 0. The topological polar surface area (TPSA) is 69.9 Å². The molecule has 2 heterocycles. The smallest absolute Gasteiger partial charge is 0.236 e. The highest BCUT2D eigenvalue weighted by Gasteiger charge is 2.34. The van der Waals surface area contributed by atoms with Gasteiger partial charge in [0.1, 0.15) is 0 Å². The maximum absolute atomic E-state index is 12.4. The second-order valence-corrected chi connectivity index (χ2v) is 6.98. The monoisotopic (exact) mass is 296 g/mol. The van der Waals surface area contributed by atoms with E-state index >= 15 is 0 Å². The van der Waals surface area contributed by atoms with Crippen LogP contribution in [-0.4, -0.2) is 78.4 Å². The van der Waals surface area contributed by atoms with Crippen LogP contribution in [0.5, 0.6) is 0 Å². The second kappa shape index (κ2) is 6.32. The standard InChI is InChI=1S/C15H28N4O2/c1-12(20)18-6-8-19(9-7-18)14(21)10-17-5-4-13(16)15(2,3)11-17/h13H,4-11,16H2,1-3H3. The van der Waals surface area contributed by atoms with Crippen molar-refractivity contribution in [2.75, 3.05) is 45.8 Å². The Morgan fingerprint density at radius 1 is 1.10 bits per heavy atom. The van der Waals surface area contributed by atoms with Crippen molar-refractivity contribution < 1.29 is 9.59 Å². The Balaban J connectivity index is 1.81. The number of amides is 2. The number of piperidine rings is 1. The summed E-state index contributed by atoms with van der Waals surface area (Å²) in [4.78, 5) is 29.6. The molecular formula is C15H28N4O2. The predicted octanol–water partition coefficient (Wildman–Crippen LogP) is -0.264. The van der Waals surface area contributed by atoms with Crippen LogP contribution in [0.4, 0.5) is 0 Å². The van der Waals surface area contributed by atoms with Crippen LogP contribution in [0.2, 0.25) is 0 Å². The molecule has 2 aliphatic rings. The van der Waals surface area contributed by atoms with Gasteiger partial charge in [-0.1, -0.05) is 13.8 Å². The summed E-state index contributed by atoms with van der Waals surface area (Å²) in [5.74, 6) is 0.262. The number of nitrogens with two attached hydrogens (primary N) is 1. The molecule has 0 radical (unpaired) electrons. The van der Waals surface area contributed by atoms with Crippen LogP contribution in [0.25, 0.3) is 0 Å². The van der Waals surface area contributed by atoms with Crippen LogP contribution in [0.1, 0.15) is 27.2 Å². The van der Waals surface area contributed by atoms with E-state index in [-0.39, 0.29) is 23.3 Å². The number of carbonyl (C=O) groups excluding carboxylic acids is 2. The molecule has 1 unspecified atom stereocenters. The van der Waals surface area contributed by atoms with Crippen molar-refractivity contribution in [3.05, 3.63) is 0 Å². The summed E-state index contributed by atoms with van der Waals surface area (Å²) in [5, 5.41) is 0. The van der Waals surface area contributed by atoms with E-state index in [1.807, 2.05) is 4.90 Å². The third-order valence-corrected chi connectivity index (χ3v) is 4.83. The van der Waals surface area contributed by atoms with E-state index < -0.39 is 0 Å². The van der Waals surface area contributed by atoms with E-state index in [4.69, 9.17) is 5.73 Å². The van der Waals surface area contributed by atoms with E-state index in [1.165, 1.54) is 0 Å². The first-order chi connectivity index (χ1) is 9.79. The number of nitrogens with zero attached hydrogens (tertiary/aromatic N) is 3. The van der Waals surface area contributed by atoms with Gasteiger partial charge in [0.2, 0.25) is 11.8 Å². The summed E-state index contributed by atoms with van der Waals surface area (Å²) >= 11 is 0. The summed E-state index contributed by atoms with van der Waals surface area (Å²) in [5.41, 5.74) is 6.19. The highest BCUT2D eigenvalue weighted by Crippen LogP contribution is 2.27. The minimum atomic E-state index is 0.0614. The maximum Gasteiger partial charge on any atom is 0.236 e. The molecule has 120 valence electrons. The van der Waals surface area contributed by atoms with Gasteiger partial charge in [-0.25, -0.2) is 0 Å². The van der Waals surface area contributed by atoms with E-state index in [0.29, 0.717) is 32.7 Å². The lowest BCUT2D eigenvalue weighted by Gasteiger charge is -2.43. The molecule has 2 saturated heterocycles. The largest absolute Gasteiger partial charge is 0.339 e. The highest BCUT2D eigenvalue weighted by atomic mass is 16.2. The Hall–Kier alpha value is -1.14. The van der Waals surface area contributed by atoms with Crippen LogP contribution in [0.3, 0.4) is 0 Å². The van der Waals surface area contributed by atoms with E-state index in [0.717, 1.165) is 19.5 Å². The van der Waals surface area contributed by atoms with Crippen molar-refractivity contribution in [2.24, 2.45) is 11.1 Å². The molecule has 0 saturated carbocycles. The molecule has 0 aromatic heterocycles. The number of piperazine rings is 1. The minimum absolute atomic E-state index is 0.0614. The van der Waals surface area contributed by atoms with Gasteiger partial charge in [-0.15, -0.1) is 0 Å². The van der Waals surface area contributed by atoms with Crippen LogP contribution >= 0.6 is 0 Å². The number of hydrogen-bond acceptors (Lipinski definition) is 4. The molecule has 0 aliphatic carbocycles. The molecule has 0 spiro atoms. The molecule has 1 atom stereocenters. The Morgan fingerprint density at radius 2 is 1.67 bits per heavy atom. The minimum Gasteiger partial charge on any atom is -0.339 e. The fourth-order valence-corrected chi connectivity index (χ4v) is 3.18. The molecule has 2 fully saturated rings. The van der Waals surface area contributed by atoms with Crippen molar-refractivity contribution in [1.82, 2.24) is 14.7 Å². The Bertz CT molecular complexity index is 402. The fraction of sp³-hybridized carbons (Fsp3) is 0.867. The SMILES string of the molecule is CC(=O)N1CCN(C(=O)CN2CCC(N)C(C)(C)C2)CC1. The third-order valence-electron chi connectivity index (χ3n) is 4.83. The van der Waals surface area contributed by atoms with Gasteiger partial charge in [0, 0.05) is 52.2 Å². The van der Waals surface area contributed by atoms with Gasteiger partial charge in [-0.05, 0) is 11.8 Å². The van der Waals surface area contributed by atoms with Gasteiger partial charge in [0.15, 0.2) is 0 Å². The molecule has 0 aromatic rings. The zero-order chi connectivity index (χ0) is 15.6. The van der Waals surface area contributed by atoms with Gasteiger partial charge in [-0.3, -0.25) is 14.5 Å². The summed E-state index contributed by atoms with van der Waals surface area (Å²) in [6, 6.07) is 0.211. The van der Waals surface area contributed by atoms with Gasteiger partial charge in [-0.2, -0.15) is 0 Å². The summed E-state index contributed by atoms with van der Waals surface area (Å²) < 4.78 is 0. The Labute approximate surface area is 127 Å². The average Bonchev–Trinajstić information content (AvgIpc) is 2.42. The van der Waals surface area contributed by atoms with Gasteiger partial charge in [0.25, 0.3) is 0 Å². The van der Waals surface area contributed by atoms with Gasteiger partial charge >= 0.3 is 0 Å². The van der Waals surface area contributed by atoms with Crippen LogP contribution in [0.15, 0.2) is 0 Å². The fourth-order valence-electron chi connectivity index (χ4n) is 3.18. The molecule has 6 nitrogen and oxygen atoms in total. The molecule has 2 aliphatic heterocycles. The molecule has 0 bridgehead atoms. The predicted molar refractivity (Wildman–Crippen MR) is 81.6 cm³/mol. The van der Waals surface area contributed by atoms with Crippen molar-refractivity contribution in [2.45, 2.75) is 33.2 Å². The zero-order valence-electron chi connectivity index (χ0n) is 13.5. The number of hydrogen-bond donors (Lipinski definition) is 1. The first kappa shape index (κ1) is 16.2.